The summed E-state index contributed by atoms with van der Waals surface area (Å²) in [6.07, 6.45) is 0. The second kappa shape index (κ2) is 5.68. The van der Waals surface area contributed by atoms with E-state index in [4.69, 9.17) is 5.73 Å². The summed E-state index contributed by atoms with van der Waals surface area (Å²) < 4.78 is 0. The van der Waals surface area contributed by atoms with Gasteiger partial charge in [0.05, 0.1) is 0 Å². The van der Waals surface area contributed by atoms with Gasteiger partial charge in [0.2, 0.25) is 5.91 Å². The Balaban J connectivity index is 0.00000196. The van der Waals surface area contributed by atoms with Crippen LogP contribution in [0.3, 0.4) is 0 Å². The highest BCUT2D eigenvalue weighted by atomic mass is 35.5. The molecule has 0 radical (unpaired) electrons. The number of amides is 1. The number of hydrogen-bond donors (Lipinski definition) is 2. The number of carbonyl (C=O) groups is 1. The molecule has 1 aromatic rings. The van der Waals surface area contributed by atoms with Gasteiger partial charge in [-0.05, 0) is 31.5 Å². The highest BCUT2D eigenvalue weighted by Crippen LogP contribution is 2.15. The standard InChI is InChI=1S/C10H15N3O.ClH/c1-6-4-9(7(2)11)5-10(12-6)13-8(3)14;/h4-5,7H,11H2,1-3H3,(H,12,13,14);1H. The third-order valence-electron chi connectivity index (χ3n) is 1.81. The Bertz CT molecular complexity index is 353. The Morgan fingerprint density at radius 1 is 1.53 bits per heavy atom. The highest BCUT2D eigenvalue weighted by Gasteiger charge is 2.04. The highest BCUT2D eigenvalue weighted by molar-refractivity contribution is 5.87. The molecule has 84 valence electrons. The number of halogens is 1. The lowest BCUT2D eigenvalue weighted by Gasteiger charge is -2.09. The number of carbonyl (C=O) groups excluding carboxylic acids is 1. The molecule has 5 heteroatoms. The smallest absolute Gasteiger partial charge is 0.222 e. The average Bonchev–Trinajstić information content (AvgIpc) is 2.01. The Morgan fingerprint density at radius 3 is 2.60 bits per heavy atom. The van der Waals surface area contributed by atoms with Gasteiger partial charge in [0, 0.05) is 18.7 Å². The summed E-state index contributed by atoms with van der Waals surface area (Å²) >= 11 is 0. The van der Waals surface area contributed by atoms with E-state index in [1.165, 1.54) is 6.92 Å². The quantitative estimate of drug-likeness (QED) is 0.813. The maximum atomic E-state index is 10.8. The first-order valence-corrected chi connectivity index (χ1v) is 4.51. The van der Waals surface area contributed by atoms with Gasteiger partial charge in [-0.1, -0.05) is 0 Å². The molecule has 1 amide bonds. The maximum Gasteiger partial charge on any atom is 0.222 e. The van der Waals surface area contributed by atoms with Crippen LogP contribution >= 0.6 is 12.4 Å². The summed E-state index contributed by atoms with van der Waals surface area (Å²) in [6, 6.07) is 3.65. The van der Waals surface area contributed by atoms with E-state index in [-0.39, 0.29) is 24.4 Å². The van der Waals surface area contributed by atoms with Crippen LogP contribution in [0.4, 0.5) is 5.82 Å². The van der Waals surface area contributed by atoms with Crippen molar-refractivity contribution < 1.29 is 4.79 Å². The average molecular weight is 230 g/mol. The van der Waals surface area contributed by atoms with Crippen LogP contribution in [0.2, 0.25) is 0 Å². The van der Waals surface area contributed by atoms with E-state index in [9.17, 15) is 4.79 Å². The molecule has 0 aliphatic heterocycles. The summed E-state index contributed by atoms with van der Waals surface area (Å²) in [5.41, 5.74) is 7.57. The molecule has 0 fully saturated rings. The van der Waals surface area contributed by atoms with Gasteiger partial charge < -0.3 is 11.1 Å². The Morgan fingerprint density at radius 2 is 2.13 bits per heavy atom. The third kappa shape index (κ3) is 4.27. The van der Waals surface area contributed by atoms with Crippen LogP contribution in [0.1, 0.15) is 31.1 Å². The minimum absolute atomic E-state index is 0. The molecule has 1 atom stereocenters. The van der Waals surface area contributed by atoms with E-state index in [2.05, 4.69) is 10.3 Å². The molecule has 1 unspecified atom stereocenters. The third-order valence-corrected chi connectivity index (χ3v) is 1.81. The van der Waals surface area contributed by atoms with Gasteiger partial charge in [-0.2, -0.15) is 0 Å². The van der Waals surface area contributed by atoms with Crippen LogP contribution in [0, 0.1) is 6.92 Å². The van der Waals surface area contributed by atoms with Crippen LogP contribution in [-0.4, -0.2) is 10.9 Å². The van der Waals surface area contributed by atoms with E-state index in [1.807, 2.05) is 19.9 Å². The van der Waals surface area contributed by atoms with Gasteiger partial charge in [-0.25, -0.2) is 4.98 Å². The van der Waals surface area contributed by atoms with E-state index in [0.29, 0.717) is 5.82 Å². The molecule has 0 aliphatic carbocycles. The summed E-state index contributed by atoms with van der Waals surface area (Å²) in [4.78, 5) is 15.0. The molecule has 0 saturated carbocycles. The topological polar surface area (TPSA) is 68.0 Å². The zero-order valence-electron chi connectivity index (χ0n) is 9.07. The van der Waals surface area contributed by atoms with E-state index in [0.717, 1.165) is 11.3 Å². The number of nitrogens with zero attached hydrogens (tertiary/aromatic N) is 1. The van der Waals surface area contributed by atoms with Crippen molar-refractivity contribution in [2.75, 3.05) is 5.32 Å². The molecule has 0 aliphatic rings. The van der Waals surface area contributed by atoms with Crippen molar-refractivity contribution in [3.05, 3.63) is 23.4 Å². The molecule has 4 nitrogen and oxygen atoms in total. The van der Waals surface area contributed by atoms with Gasteiger partial charge in [-0.15, -0.1) is 12.4 Å². The lowest BCUT2D eigenvalue weighted by atomic mass is 10.1. The van der Waals surface area contributed by atoms with Crippen molar-refractivity contribution in [2.45, 2.75) is 26.8 Å². The minimum Gasteiger partial charge on any atom is -0.324 e. The molecule has 1 heterocycles. The predicted molar refractivity (Wildman–Crippen MR) is 63.1 cm³/mol. The van der Waals surface area contributed by atoms with Crippen molar-refractivity contribution in [1.82, 2.24) is 4.98 Å². The Labute approximate surface area is 95.7 Å². The lowest BCUT2D eigenvalue weighted by molar-refractivity contribution is -0.114. The zero-order valence-corrected chi connectivity index (χ0v) is 9.89. The Kier molecular flexibility index (Phi) is 5.25. The van der Waals surface area contributed by atoms with Crippen molar-refractivity contribution >= 4 is 24.1 Å². The Hall–Kier alpha value is -1.13. The summed E-state index contributed by atoms with van der Waals surface area (Å²) in [5, 5.41) is 2.64. The molecule has 1 aromatic heterocycles. The number of aryl methyl sites for hydroxylation is 1. The zero-order chi connectivity index (χ0) is 10.7. The first-order chi connectivity index (χ1) is 6.49. The number of nitrogens with two attached hydrogens (primary N) is 1. The fourth-order valence-electron chi connectivity index (χ4n) is 1.20. The minimum atomic E-state index is -0.126. The normalized spacial score (nSPS) is 11.5. The summed E-state index contributed by atoms with van der Waals surface area (Å²) in [6.45, 7) is 5.22. The summed E-state index contributed by atoms with van der Waals surface area (Å²) in [7, 11) is 0. The van der Waals surface area contributed by atoms with E-state index >= 15 is 0 Å². The molecule has 0 saturated heterocycles. The van der Waals surface area contributed by atoms with Gasteiger partial charge in [-0.3, -0.25) is 4.79 Å². The van der Waals surface area contributed by atoms with Crippen LogP contribution in [0.5, 0.6) is 0 Å². The van der Waals surface area contributed by atoms with Gasteiger partial charge in [0.25, 0.3) is 0 Å². The summed E-state index contributed by atoms with van der Waals surface area (Å²) in [5.74, 6) is 0.434. The van der Waals surface area contributed by atoms with Gasteiger partial charge in [0.1, 0.15) is 5.82 Å². The van der Waals surface area contributed by atoms with Crippen molar-refractivity contribution in [1.29, 1.82) is 0 Å². The van der Waals surface area contributed by atoms with E-state index < -0.39 is 0 Å². The van der Waals surface area contributed by atoms with E-state index in [1.54, 1.807) is 6.07 Å². The van der Waals surface area contributed by atoms with Crippen molar-refractivity contribution in [2.24, 2.45) is 5.73 Å². The maximum absolute atomic E-state index is 10.8. The second-order valence-corrected chi connectivity index (χ2v) is 3.40. The molecule has 0 bridgehead atoms. The van der Waals surface area contributed by atoms with Crippen LogP contribution < -0.4 is 11.1 Å². The predicted octanol–water partition coefficient (Wildman–Crippen LogP) is 1.79. The lowest BCUT2D eigenvalue weighted by Crippen LogP contribution is -2.11. The number of hydrogen-bond acceptors (Lipinski definition) is 3. The fraction of sp³-hybridized carbons (Fsp3) is 0.400. The van der Waals surface area contributed by atoms with Crippen LogP contribution in [0.15, 0.2) is 12.1 Å². The SMILES string of the molecule is CC(=O)Nc1cc(C(C)N)cc(C)n1.Cl. The number of anilines is 1. The first-order valence-electron chi connectivity index (χ1n) is 4.51. The van der Waals surface area contributed by atoms with Crippen molar-refractivity contribution in [3.8, 4) is 0 Å². The molecule has 3 N–H and O–H groups in total. The fourth-order valence-corrected chi connectivity index (χ4v) is 1.20. The van der Waals surface area contributed by atoms with Crippen LogP contribution in [0.25, 0.3) is 0 Å². The molecule has 1 rings (SSSR count). The second-order valence-electron chi connectivity index (χ2n) is 3.40. The number of nitrogens with one attached hydrogen (secondary N) is 1. The van der Waals surface area contributed by atoms with Crippen molar-refractivity contribution in [3.63, 3.8) is 0 Å². The molecular weight excluding hydrogens is 214 g/mol. The first kappa shape index (κ1) is 13.9. The molecule has 0 aromatic carbocycles. The number of rotatable bonds is 2. The number of aromatic nitrogens is 1. The molecule has 15 heavy (non-hydrogen) atoms. The van der Waals surface area contributed by atoms with Gasteiger partial charge >= 0.3 is 0 Å². The molecular formula is C10H16ClN3O. The largest absolute Gasteiger partial charge is 0.324 e. The van der Waals surface area contributed by atoms with Crippen LogP contribution in [-0.2, 0) is 4.79 Å². The number of pyridine rings is 1. The molecule has 0 spiro atoms. The van der Waals surface area contributed by atoms with Gasteiger partial charge in [0.15, 0.2) is 0 Å². The monoisotopic (exact) mass is 229 g/mol.